The molecule has 3 heteroatoms. The van der Waals surface area contributed by atoms with Crippen molar-refractivity contribution in [3.8, 4) is 0 Å². The first-order valence-electron chi connectivity index (χ1n) is 7.25. The molecule has 0 aromatic carbocycles. The Morgan fingerprint density at radius 1 is 1.06 bits per heavy atom. The third kappa shape index (κ3) is 2.82. The van der Waals surface area contributed by atoms with Crippen molar-refractivity contribution < 1.29 is 4.79 Å². The minimum absolute atomic E-state index is 0.240. The molecule has 0 atom stereocenters. The molecule has 3 rings (SSSR count). The maximum Gasteiger partial charge on any atom is 0.219 e. The minimum Gasteiger partial charge on any atom is -0.343 e. The summed E-state index contributed by atoms with van der Waals surface area (Å²) in [7, 11) is 0. The SMILES string of the molecule is CC(=O)N1CCC(NC(C2CC2)C2CC2)CC1. The summed E-state index contributed by atoms with van der Waals surface area (Å²) in [6.07, 6.45) is 8.08. The lowest BCUT2D eigenvalue weighted by Gasteiger charge is -2.34. The molecule has 1 saturated heterocycles. The molecule has 1 amide bonds. The Balaban J connectivity index is 1.47. The molecule has 1 aliphatic heterocycles. The number of piperidine rings is 1. The number of nitrogens with one attached hydrogen (secondary N) is 1. The second kappa shape index (κ2) is 4.60. The van der Waals surface area contributed by atoms with Crippen LogP contribution in [0.3, 0.4) is 0 Å². The van der Waals surface area contributed by atoms with Crippen LogP contribution >= 0.6 is 0 Å². The lowest BCUT2D eigenvalue weighted by molar-refractivity contribution is -0.129. The van der Waals surface area contributed by atoms with Crippen molar-refractivity contribution >= 4 is 5.91 Å². The van der Waals surface area contributed by atoms with Gasteiger partial charge >= 0.3 is 0 Å². The molecule has 0 unspecified atom stereocenters. The van der Waals surface area contributed by atoms with E-state index >= 15 is 0 Å². The molecule has 1 heterocycles. The lowest BCUT2D eigenvalue weighted by Crippen LogP contribution is -2.48. The molecule has 0 bridgehead atoms. The molecule has 2 aliphatic carbocycles. The van der Waals surface area contributed by atoms with E-state index < -0.39 is 0 Å². The highest BCUT2D eigenvalue weighted by atomic mass is 16.2. The quantitative estimate of drug-likeness (QED) is 0.807. The van der Waals surface area contributed by atoms with E-state index in [0.29, 0.717) is 6.04 Å². The van der Waals surface area contributed by atoms with Crippen molar-refractivity contribution in [1.29, 1.82) is 0 Å². The number of amides is 1. The van der Waals surface area contributed by atoms with Gasteiger partial charge in [0.2, 0.25) is 5.91 Å². The molecule has 17 heavy (non-hydrogen) atoms. The van der Waals surface area contributed by atoms with Crippen molar-refractivity contribution in [2.45, 2.75) is 57.5 Å². The van der Waals surface area contributed by atoms with Crippen LogP contribution in [-0.4, -0.2) is 36.0 Å². The second-order valence-corrected chi connectivity index (χ2v) is 6.15. The Kier molecular flexibility index (Phi) is 3.12. The third-order valence-electron chi connectivity index (χ3n) is 4.63. The summed E-state index contributed by atoms with van der Waals surface area (Å²) in [5.74, 6) is 2.20. The molecule has 3 fully saturated rings. The Labute approximate surface area is 104 Å². The summed E-state index contributed by atoms with van der Waals surface area (Å²) < 4.78 is 0. The first-order valence-corrected chi connectivity index (χ1v) is 7.25. The summed E-state index contributed by atoms with van der Waals surface area (Å²) in [6.45, 7) is 3.59. The number of nitrogens with zero attached hydrogens (tertiary/aromatic N) is 1. The van der Waals surface area contributed by atoms with Crippen molar-refractivity contribution in [3.63, 3.8) is 0 Å². The first kappa shape index (κ1) is 11.5. The van der Waals surface area contributed by atoms with E-state index in [1.165, 1.54) is 25.7 Å². The van der Waals surface area contributed by atoms with Gasteiger partial charge in [-0.3, -0.25) is 4.79 Å². The van der Waals surface area contributed by atoms with Gasteiger partial charge in [0.1, 0.15) is 0 Å². The molecule has 2 saturated carbocycles. The van der Waals surface area contributed by atoms with Crippen LogP contribution in [0.25, 0.3) is 0 Å². The van der Waals surface area contributed by atoms with Gasteiger partial charge in [-0.1, -0.05) is 0 Å². The fraction of sp³-hybridized carbons (Fsp3) is 0.929. The van der Waals surface area contributed by atoms with Crippen LogP contribution in [0.1, 0.15) is 45.4 Å². The Morgan fingerprint density at radius 2 is 1.59 bits per heavy atom. The molecule has 0 aromatic rings. The van der Waals surface area contributed by atoms with Gasteiger partial charge in [-0.25, -0.2) is 0 Å². The molecule has 0 spiro atoms. The van der Waals surface area contributed by atoms with Crippen LogP contribution in [-0.2, 0) is 4.79 Å². The molecule has 3 nitrogen and oxygen atoms in total. The highest BCUT2D eigenvalue weighted by molar-refractivity contribution is 5.73. The molecule has 0 aromatic heterocycles. The molecule has 0 radical (unpaired) electrons. The van der Waals surface area contributed by atoms with Gasteiger partial charge in [0.15, 0.2) is 0 Å². The highest BCUT2D eigenvalue weighted by Gasteiger charge is 2.42. The van der Waals surface area contributed by atoms with E-state index in [9.17, 15) is 4.79 Å². The normalized spacial score (nSPS) is 26.6. The van der Waals surface area contributed by atoms with E-state index in [1.807, 2.05) is 4.90 Å². The highest BCUT2D eigenvalue weighted by Crippen LogP contribution is 2.44. The fourth-order valence-electron chi connectivity index (χ4n) is 3.20. The maximum atomic E-state index is 11.3. The number of hydrogen-bond acceptors (Lipinski definition) is 2. The Bertz CT molecular complexity index is 277. The van der Waals surface area contributed by atoms with Crippen LogP contribution < -0.4 is 5.32 Å². The van der Waals surface area contributed by atoms with Crippen molar-refractivity contribution in [1.82, 2.24) is 10.2 Å². The maximum absolute atomic E-state index is 11.3. The predicted octanol–water partition coefficient (Wildman–Crippen LogP) is 1.78. The number of hydrogen-bond donors (Lipinski definition) is 1. The summed E-state index contributed by atoms with van der Waals surface area (Å²) in [4.78, 5) is 13.3. The smallest absolute Gasteiger partial charge is 0.219 e. The summed E-state index contributed by atoms with van der Waals surface area (Å²) >= 11 is 0. The van der Waals surface area contributed by atoms with Gasteiger partial charge in [0.05, 0.1) is 0 Å². The van der Waals surface area contributed by atoms with Crippen LogP contribution in [0.2, 0.25) is 0 Å². The van der Waals surface area contributed by atoms with Crippen molar-refractivity contribution in [3.05, 3.63) is 0 Å². The molecule has 1 N–H and O–H groups in total. The average Bonchev–Trinajstić information content (AvgIpc) is 3.17. The van der Waals surface area contributed by atoms with Crippen LogP contribution in [0.4, 0.5) is 0 Å². The van der Waals surface area contributed by atoms with Gasteiger partial charge in [-0.15, -0.1) is 0 Å². The van der Waals surface area contributed by atoms with E-state index in [2.05, 4.69) is 5.32 Å². The first-order chi connectivity index (χ1) is 8.24. The van der Waals surface area contributed by atoms with Crippen molar-refractivity contribution in [2.24, 2.45) is 11.8 Å². The summed E-state index contributed by atoms with van der Waals surface area (Å²) in [5, 5.41) is 3.90. The fourth-order valence-corrected chi connectivity index (χ4v) is 3.20. The van der Waals surface area contributed by atoms with E-state index in [4.69, 9.17) is 0 Å². The third-order valence-corrected chi connectivity index (χ3v) is 4.63. The largest absolute Gasteiger partial charge is 0.343 e. The van der Waals surface area contributed by atoms with E-state index in [1.54, 1.807) is 6.92 Å². The molecular weight excluding hydrogens is 212 g/mol. The standard InChI is InChI=1S/C14H24N2O/c1-10(17)16-8-6-13(7-9-16)15-14(11-2-3-11)12-4-5-12/h11-15H,2-9H2,1H3. The van der Waals surface area contributed by atoms with Gasteiger partial charge < -0.3 is 10.2 Å². The van der Waals surface area contributed by atoms with Gasteiger partial charge in [0.25, 0.3) is 0 Å². The zero-order chi connectivity index (χ0) is 11.8. The zero-order valence-corrected chi connectivity index (χ0v) is 10.8. The van der Waals surface area contributed by atoms with Crippen LogP contribution in [0.5, 0.6) is 0 Å². The van der Waals surface area contributed by atoms with E-state index in [-0.39, 0.29) is 5.91 Å². The number of likely N-dealkylation sites (tertiary alicyclic amines) is 1. The van der Waals surface area contributed by atoms with Crippen LogP contribution in [0, 0.1) is 11.8 Å². The summed E-state index contributed by atoms with van der Waals surface area (Å²) in [6, 6.07) is 1.47. The van der Waals surface area contributed by atoms with Gasteiger partial charge in [-0.2, -0.15) is 0 Å². The predicted molar refractivity (Wildman–Crippen MR) is 67.6 cm³/mol. The molecule has 96 valence electrons. The average molecular weight is 236 g/mol. The Morgan fingerprint density at radius 3 is 2.00 bits per heavy atom. The molecule has 3 aliphatic rings. The van der Waals surface area contributed by atoms with Gasteiger partial charge in [-0.05, 0) is 50.4 Å². The number of carbonyl (C=O) groups excluding carboxylic acids is 1. The lowest BCUT2D eigenvalue weighted by atomic mass is 10.0. The van der Waals surface area contributed by atoms with E-state index in [0.717, 1.165) is 43.8 Å². The monoisotopic (exact) mass is 236 g/mol. The number of carbonyl (C=O) groups is 1. The van der Waals surface area contributed by atoms with Crippen LogP contribution in [0.15, 0.2) is 0 Å². The Hall–Kier alpha value is -0.570. The topological polar surface area (TPSA) is 32.3 Å². The number of rotatable bonds is 4. The second-order valence-electron chi connectivity index (χ2n) is 6.15. The minimum atomic E-state index is 0.240. The zero-order valence-electron chi connectivity index (χ0n) is 10.8. The van der Waals surface area contributed by atoms with Gasteiger partial charge in [0, 0.05) is 32.1 Å². The molecular formula is C14H24N2O. The summed E-state index contributed by atoms with van der Waals surface area (Å²) in [5.41, 5.74) is 0. The van der Waals surface area contributed by atoms with Crippen molar-refractivity contribution in [2.75, 3.05) is 13.1 Å².